The Hall–Kier alpha value is 0.270. The average molecular weight is 270 g/mol. The molecule has 1 heterocycles. The third-order valence-electron chi connectivity index (χ3n) is 5.29. The smallest absolute Gasteiger partial charge is 0.0360 e. The summed E-state index contributed by atoms with van der Waals surface area (Å²) in [5, 5.41) is 0.826. The first kappa shape index (κ1) is 14.7. The molecule has 0 aromatic carbocycles. The topological polar surface area (TPSA) is 29.3 Å². The second-order valence-corrected chi connectivity index (χ2v) is 7.85. The zero-order valence-corrected chi connectivity index (χ0v) is 13.1. The first-order valence-electron chi connectivity index (χ1n) is 7.69. The van der Waals surface area contributed by atoms with E-state index in [1.165, 1.54) is 44.5 Å². The summed E-state index contributed by atoms with van der Waals surface area (Å²) in [6.07, 6.45) is 5.36. The molecule has 1 aliphatic carbocycles. The van der Waals surface area contributed by atoms with E-state index in [0.29, 0.717) is 5.54 Å². The van der Waals surface area contributed by atoms with Crippen LogP contribution in [0.1, 0.15) is 46.5 Å². The molecule has 2 nitrogen and oxygen atoms in total. The van der Waals surface area contributed by atoms with E-state index >= 15 is 0 Å². The minimum absolute atomic E-state index is 0.298. The molecule has 3 heteroatoms. The van der Waals surface area contributed by atoms with Gasteiger partial charge in [-0.15, -0.1) is 0 Å². The van der Waals surface area contributed by atoms with Crippen LogP contribution in [0, 0.1) is 11.8 Å². The second kappa shape index (κ2) is 6.15. The summed E-state index contributed by atoms with van der Waals surface area (Å²) in [5.74, 6) is 2.90. The molecule has 0 aromatic rings. The van der Waals surface area contributed by atoms with Gasteiger partial charge in [-0.2, -0.15) is 11.8 Å². The first-order chi connectivity index (χ1) is 8.62. The summed E-state index contributed by atoms with van der Waals surface area (Å²) in [6, 6.07) is 0. The van der Waals surface area contributed by atoms with Gasteiger partial charge in [0.2, 0.25) is 0 Å². The van der Waals surface area contributed by atoms with Gasteiger partial charge in [0.25, 0.3) is 0 Å². The molecule has 0 spiro atoms. The molecule has 0 aromatic heterocycles. The summed E-state index contributed by atoms with van der Waals surface area (Å²) in [7, 11) is 0. The van der Waals surface area contributed by atoms with Crippen LogP contribution < -0.4 is 5.73 Å². The quantitative estimate of drug-likeness (QED) is 0.855. The van der Waals surface area contributed by atoms with Crippen molar-refractivity contribution < 1.29 is 0 Å². The molecule has 0 radical (unpaired) electrons. The van der Waals surface area contributed by atoms with Crippen molar-refractivity contribution in [1.29, 1.82) is 0 Å². The molecule has 1 saturated carbocycles. The number of nitrogens with zero attached hydrogens (tertiary/aromatic N) is 1. The molecule has 1 aliphatic heterocycles. The van der Waals surface area contributed by atoms with Crippen LogP contribution in [0.2, 0.25) is 0 Å². The lowest BCUT2D eigenvalue weighted by Gasteiger charge is -2.54. The monoisotopic (exact) mass is 270 g/mol. The SMILES string of the molecule is CCC1CN(C2(CN)CC(C)CCC2C)CCS1. The fourth-order valence-electron chi connectivity index (χ4n) is 3.94. The van der Waals surface area contributed by atoms with Gasteiger partial charge < -0.3 is 5.73 Å². The maximum atomic E-state index is 6.26. The van der Waals surface area contributed by atoms with Gasteiger partial charge >= 0.3 is 0 Å². The van der Waals surface area contributed by atoms with Crippen LogP contribution in [0.4, 0.5) is 0 Å². The van der Waals surface area contributed by atoms with Crippen LogP contribution in [0.15, 0.2) is 0 Å². The Morgan fingerprint density at radius 3 is 2.78 bits per heavy atom. The Bertz CT molecular complexity index is 271. The zero-order chi connectivity index (χ0) is 13.2. The summed E-state index contributed by atoms with van der Waals surface area (Å²) >= 11 is 2.16. The molecule has 4 atom stereocenters. The van der Waals surface area contributed by atoms with Crippen molar-refractivity contribution in [2.24, 2.45) is 17.6 Å². The van der Waals surface area contributed by atoms with E-state index in [0.717, 1.165) is 23.6 Å². The van der Waals surface area contributed by atoms with E-state index in [9.17, 15) is 0 Å². The molecule has 106 valence electrons. The highest BCUT2D eigenvalue weighted by Gasteiger charge is 2.45. The van der Waals surface area contributed by atoms with Gasteiger partial charge in [-0.3, -0.25) is 4.90 Å². The van der Waals surface area contributed by atoms with Crippen LogP contribution >= 0.6 is 11.8 Å². The summed E-state index contributed by atoms with van der Waals surface area (Å²) in [5.41, 5.74) is 6.56. The van der Waals surface area contributed by atoms with E-state index in [4.69, 9.17) is 5.73 Å². The van der Waals surface area contributed by atoms with Crippen molar-refractivity contribution in [3.05, 3.63) is 0 Å². The largest absolute Gasteiger partial charge is 0.329 e. The van der Waals surface area contributed by atoms with Gasteiger partial charge in [0.05, 0.1) is 0 Å². The van der Waals surface area contributed by atoms with Gasteiger partial charge in [0, 0.05) is 36.2 Å². The Morgan fingerprint density at radius 1 is 1.33 bits per heavy atom. The molecule has 2 fully saturated rings. The van der Waals surface area contributed by atoms with E-state index in [1.807, 2.05) is 0 Å². The summed E-state index contributed by atoms with van der Waals surface area (Å²) in [6.45, 7) is 10.5. The third-order valence-corrected chi connectivity index (χ3v) is 6.66. The Morgan fingerprint density at radius 2 is 2.11 bits per heavy atom. The third kappa shape index (κ3) is 2.73. The number of nitrogens with two attached hydrogens (primary N) is 1. The van der Waals surface area contributed by atoms with Gasteiger partial charge in [-0.1, -0.05) is 27.2 Å². The first-order valence-corrected chi connectivity index (χ1v) is 8.74. The number of hydrogen-bond acceptors (Lipinski definition) is 3. The lowest BCUT2D eigenvalue weighted by atomic mass is 9.68. The van der Waals surface area contributed by atoms with Crippen LogP contribution in [-0.4, -0.2) is 41.1 Å². The predicted octanol–water partition coefficient (Wildman–Crippen LogP) is 2.97. The Labute approximate surface area is 117 Å². The highest BCUT2D eigenvalue weighted by atomic mass is 32.2. The Kier molecular flexibility index (Phi) is 5.01. The normalized spacial score (nSPS) is 43.0. The molecule has 0 amide bonds. The van der Waals surface area contributed by atoms with Gasteiger partial charge in [-0.25, -0.2) is 0 Å². The van der Waals surface area contributed by atoms with Crippen molar-refractivity contribution in [2.45, 2.75) is 57.2 Å². The highest BCUT2D eigenvalue weighted by Crippen LogP contribution is 2.42. The van der Waals surface area contributed by atoms with Gasteiger partial charge in [0.15, 0.2) is 0 Å². The Balaban J connectivity index is 2.14. The second-order valence-electron chi connectivity index (χ2n) is 6.44. The minimum atomic E-state index is 0.298. The lowest BCUT2D eigenvalue weighted by molar-refractivity contribution is -0.00180. The van der Waals surface area contributed by atoms with Crippen LogP contribution in [0.5, 0.6) is 0 Å². The van der Waals surface area contributed by atoms with Crippen molar-refractivity contribution >= 4 is 11.8 Å². The van der Waals surface area contributed by atoms with Crippen molar-refractivity contribution in [3.63, 3.8) is 0 Å². The molecule has 1 saturated heterocycles. The van der Waals surface area contributed by atoms with E-state index in [1.54, 1.807) is 0 Å². The molecular weight excluding hydrogens is 240 g/mol. The maximum Gasteiger partial charge on any atom is 0.0360 e. The molecule has 2 aliphatic rings. The fourth-order valence-corrected chi connectivity index (χ4v) is 5.12. The molecule has 0 bridgehead atoms. The van der Waals surface area contributed by atoms with Gasteiger partial charge in [-0.05, 0) is 31.1 Å². The summed E-state index contributed by atoms with van der Waals surface area (Å²) < 4.78 is 0. The highest BCUT2D eigenvalue weighted by molar-refractivity contribution is 8.00. The molecule has 4 unspecified atom stereocenters. The van der Waals surface area contributed by atoms with Crippen LogP contribution in [-0.2, 0) is 0 Å². The molecule has 2 N–H and O–H groups in total. The number of hydrogen-bond donors (Lipinski definition) is 1. The van der Waals surface area contributed by atoms with Crippen molar-refractivity contribution in [2.75, 3.05) is 25.4 Å². The van der Waals surface area contributed by atoms with Crippen LogP contribution in [0.3, 0.4) is 0 Å². The van der Waals surface area contributed by atoms with Crippen LogP contribution in [0.25, 0.3) is 0 Å². The fraction of sp³-hybridized carbons (Fsp3) is 1.00. The molecule has 18 heavy (non-hydrogen) atoms. The number of thioether (sulfide) groups is 1. The lowest BCUT2D eigenvalue weighted by Crippen LogP contribution is -2.63. The van der Waals surface area contributed by atoms with E-state index < -0.39 is 0 Å². The van der Waals surface area contributed by atoms with Crippen molar-refractivity contribution in [1.82, 2.24) is 4.90 Å². The van der Waals surface area contributed by atoms with Gasteiger partial charge in [0.1, 0.15) is 0 Å². The number of rotatable bonds is 3. The predicted molar refractivity (Wildman–Crippen MR) is 82.1 cm³/mol. The zero-order valence-electron chi connectivity index (χ0n) is 12.3. The molecule has 2 rings (SSSR count). The molecular formula is C15H30N2S. The standard InChI is InChI=1S/C15H30N2S/c1-4-14-10-17(7-8-18-14)15(11-16)9-12(2)5-6-13(15)3/h12-14H,4-11,16H2,1-3H3. The average Bonchev–Trinajstić information content (AvgIpc) is 2.41. The minimum Gasteiger partial charge on any atom is -0.329 e. The summed E-state index contributed by atoms with van der Waals surface area (Å²) in [4.78, 5) is 2.76. The maximum absolute atomic E-state index is 6.26. The van der Waals surface area contributed by atoms with E-state index in [-0.39, 0.29) is 0 Å². The van der Waals surface area contributed by atoms with E-state index in [2.05, 4.69) is 37.4 Å². The van der Waals surface area contributed by atoms with Crippen molar-refractivity contribution in [3.8, 4) is 0 Å².